The van der Waals surface area contributed by atoms with Crippen molar-refractivity contribution in [3.05, 3.63) is 65.7 Å². The summed E-state index contributed by atoms with van der Waals surface area (Å²) in [6.45, 7) is 2.98. The molecule has 5 nitrogen and oxygen atoms in total. The molecule has 1 heterocycles. The zero-order valence-corrected chi connectivity index (χ0v) is 14.1. The second-order valence-electron chi connectivity index (χ2n) is 6.27. The minimum atomic E-state index is -0.572. The minimum Gasteiger partial charge on any atom is -0.368 e. The van der Waals surface area contributed by atoms with E-state index in [9.17, 15) is 4.79 Å². The summed E-state index contributed by atoms with van der Waals surface area (Å²) in [5.41, 5.74) is 8.83. The van der Waals surface area contributed by atoms with Gasteiger partial charge in [0.2, 0.25) is 5.91 Å². The molecular weight excluding hydrogens is 312 g/mol. The van der Waals surface area contributed by atoms with Crippen molar-refractivity contribution in [2.75, 3.05) is 31.1 Å². The predicted molar refractivity (Wildman–Crippen MR) is 98.1 cm³/mol. The average Bonchev–Trinajstić information content (AvgIpc) is 2.68. The van der Waals surface area contributed by atoms with Crippen LogP contribution in [0.2, 0.25) is 0 Å². The molecule has 2 aromatic carbocycles. The number of nitriles is 1. The van der Waals surface area contributed by atoms with E-state index in [1.54, 1.807) is 12.1 Å². The Morgan fingerprint density at radius 3 is 2.48 bits per heavy atom. The Bertz CT molecular complexity index is 761. The normalized spacial score (nSPS) is 15.5. The fourth-order valence-electron chi connectivity index (χ4n) is 3.17. The fraction of sp³-hybridized carbons (Fsp3) is 0.300. The third-order valence-corrected chi connectivity index (χ3v) is 4.54. The molecule has 2 N–H and O–H groups in total. The Hall–Kier alpha value is -2.84. The molecule has 0 unspecified atom stereocenters. The molecule has 1 fully saturated rings. The van der Waals surface area contributed by atoms with E-state index in [1.165, 1.54) is 5.69 Å². The summed E-state index contributed by atoms with van der Waals surface area (Å²) in [5.74, 6) is -0.0185. The number of nitrogens with zero attached hydrogens (tertiary/aromatic N) is 3. The van der Waals surface area contributed by atoms with Gasteiger partial charge in [0.05, 0.1) is 17.7 Å². The van der Waals surface area contributed by atoms with Crippen molar-refractivity contribution < 1.29 is 4.79 Å². The molecule has 5 heteroatoms. The Morgan fingerprint density at radius 1 is 1.08 bits per heavy atom. The van der Waals surface area contributed by atoms with Gasteiger partial charge >= 0.3 is 0 Å². The van der Waals surface area contributed by atoms with Crippen LogP contribution < -0.4 is 10.6 Å². The van der Waals surface area contributed by atoms with Gasteiger partial charge in [0.25, 0.3) is 0 Å². The van der Waals surface area contributed by atoms with E-state index >= 15 is 0 Å². The Morgan fingerprint density at radius 2 is 1.80 bits per heavy atom. The molecule has 3 rings (SSSR count). The number of carbonyl (C=O) groups is 1. The van der Waals surface area contributed by atoms with Crippen LogP contribution in [0.1, 0.15) is 11.1 Å². The molecule has 2 aromatic rings. The van der Waals surface area contributed by atoms with E-state index in [1.807, 2.05) is 35.2 Å². The highest BCUT2D eigenvalue weighted by Crippen LogP contribution is 2.16. The van der Waals surface area contributed by atoms with Crippen LogP contribution in [-0.4, -0.2) is 43.0 Å². The molecule has 1 amide bonds. The molecule has 1 saturated heterocycles. The van der Waals surface area contributed by atoms with Gasteiger partial charge in [-0.25, -0.2) is 0 Å². The molecule has 25 heavy (non-hydrogen) atoms. The summed E-state index contributed by atoms with van der Waals surface area (Å²) in [6, 6.07) is 19.0. The van der Waals surface area contributed by atoms with Crippen LogP contribution >= 0.6 is 0 Å². The Balaban J connectivity index is 1.56. The highest BCUT2D eigenvalue weighted by Gasteiger charge is 2.25. The average molecular weight is 334 g/mol. The number of rotatable bonds is 4. The molecule has 0 radical (unpaired) electrons. The van der Waals surface area contributed by atoms with Crippen molar-refractivity contribution in [1.82, 2.24) is 4.90 Å². The number of hydrogen-bond donors (Lipinski definition) is 1. The van der Waals surface area contributed by atoms with Crippen LogP contribution in [0, 0.1) is 11.3 Å². The van der Waals surface area contributed by atoms with Crippen molar-refractivity contribution >= 4 is 11.6 Å². The lowest BCUT2D eigenvalue weighted by Crippen LogP contribution is -2.53. The number of nitrogens with two attached hydrogens (primary N) is 1. The molecule has 1 aliphatic rings. The molecular formula is C20H22N4O. The summed E-state index contributed by atoms with van der Waals surface area (Å²) in [5, 5.41) is 8.97. The van der Waals surface area contributed by atoms with Gasteiger partial charge < -0.3 is 15.5 Å². The first-order valence-electron chi connectivity index (χ1n) is 8.51. The van der Waals surface area contributed by atoms with E-state index in [4.69, 9.17) is 11.0 Å². The molecule has 0 spiro atoms. The zero-order valence-electron chi connectivity index (χ0n) is 14.1. The number of benzene rings is 2. The topological polar surface area (TPSA) is 73.4 Å². The van der Waals surface area contributed by atoms with E-state index in [2.05, 4.69) is 23.1 Å². The SMILES string of the molecule is N#Cc1cccc(C[C@H](N)C(=O)N2CCN(c3ccccc3)CC2)c1. The maximum atomic E-state index is 12.6. The first-order valence-corrected chi connectivity index (χ1v) is 8.51. The van der Waals surface area contributed by atoms with Gasteiger partial charge in [-0.2, -0.15) is 5.26 Å². The van der Waals surface area contributed by atoms with E-state index in [0.29, 0.717) is 25.1 Å². The number of hydrogen-bond acceptors (Lipinski definition) is 4. The van der Waals surface area contributed by atoms with Crippen LogP contribution in [0.25, 0.3) is 0 Å². The minimum absolute atomic E-state index is 0.0185. The molecule has 0 aliphatic carbocycles. The monoisotopic (exact) mass is 334 g/mol. The molecule has 1 aliphatic heterocycles. The molecule has 1 atom stereocenters. The number of anilines is 1. The van der Waals surface area contributed by atoms with Crippen LogP contribution in [-0.2, 0) is 11.2 Å². The first-order chi connectivity index (χ1) is 12.2. The molecule has 128 valence electrons. The van der Waals surface area contributed by atoms with Crippen molar-refractivity contribution in [3.8, 4) is 6.07 Å². The third kappa shape index (κ3) is 4.17. The van der Waals surface area contributed by atoms with Gasteiger partial charge in [0.1, 0.15) is 0 Å². The Kier molecular flexibility index (Phi) is 5.32. The highest BCUT2D eigenvalue weighted by atomic mass is 16.2. The zero-order chi connectivity index (χ0) is 17.6. The second kappa shape index (κ2) is 7.82. The Labute approximate surface area is 148 Å². The summed E-state index contributed by atoms with van der Waals surface area (Å²) >= 11 is 0. The first kappa shape index (κ1) is 17.0. The molecule has 0 bridgehead atoms. The van der Waals surface area contributed by atoms with Crippen LogP contribution in [0.5, 0.6) is 0 Å². The molecule has 0 aromatic heterocycles. The lowest BCUT2D eigenvalue weighted by Gasteiger charge is -2.37. The number of carbonyl (C=O) groups excluding carboxylic acids is 1. The summed E-state index contributed by atoms with van der Waals surface area (Å²) in [4.78, 5) is 16.7. The number of piperazine rings is 1. The largest absolute Gasteiger partial charge is 0.368 e. The van der Waals surface area contributed by atoms with Crippen LogP contribution in [0.4, 0.5) is 5.69 Å². The van der Waals surface area contributed by atoms with Crippen molar-refractivity contribution in [2.45, 2.75) is 12.5 Å². The molecule has 0 saturated carbocycles. The lowest BCUT2D eigenvalue weighted by molar-refractivity contribution is -0.132. The van der Waals surface area contributed by atoms with Gasteiger partial charge in [-0.15, -0.1) is 0 Å². The summed E-state index contributed by atoms with van der Waals surface area (Å²) in [6.07, 6.45) is 0.452. The second-order valence-corrected chi connectivity index (χ2v) is 6.27. The van der Waals surface area contributed by atoms with Crippen molar-refractivity contribution in [2.24, 2.45) is 5.73 Å². The van der Waals surface area contributed by atoms with Crippen molar-refractivity contribution in [3.63, 3.8) is 0 Å². The quantitative estimate of drug-likeness (QED) is 0.925. The number of amides is 1. The van der Waals surface area contributed by atoms with Gasteiger partial charge in [0.15, 0.2) is 0 Å². The smallest absolute Gasteiger partial charge is 0.239 e. The van der Waals surface area contributed by atoms with E-state index < -0.39 is 6.04 Å². The standard InChI is InChI=1S/C20H22N4O/c21-15-17-6-4-5-16(13-17)14-19(22)20(25)24-11-9-23(10-12-24)18-7-2-1-3-8-18/h1-8,13,19H,9-12,14,22H2/t19-/m0/s1. The van der Waals surface area contributed by atoms with Crippen molar-refractivity contribution in [1.29, 1.82) is 5.26 Å². The highest BCUT2D eigenvalue weighted by molar-refractivity contribution is 5.82. The van der Waals surface area contributed by atoms with Gasteiger partial charge in [-0.05, 0) is 36.2 Å². The predicted octanol–water partition coefficient (Wildman–Crippen LogP) is 1.78. The summed E-state index contributed by atoms with van der Waals surface area (Å²) < 4.78 is 0. The maximum absolute atomic E-state index is 12.6. The van der Waals surface area contributed by atoms with Gasteiger partial charge in [-0.3, -0.25) is 4.79 Å². The fourth-order valence-corrected chi connectivity index (χ4v) is 3.17. The number of para-hydroxylation sites is 1. The van der Waals surface area contributed by atoms with Gasteiger partial charge in [-0.1, -0.05) is 30.3 Å². The summed E-state index contributed by atoms with van der Waals surface area (Å²) in [7, 11) is 0. The maximum Gasteiger partial charge on any atom is 0.239 e. The van der Waals surface area contributed by atoms with E-state index in [0.717, 1.165) is 18.7 Å². The third-order valence-electron chi connectivity index (χ3n) is 4.54. The lowest BCUT2D eigenvalue weighted by atomic mass is 10.0. The van der Waals surface area contributed by atoms with Crippen LogP contribution in [0.3, 0.4) is 0 Å². The van der Waals surface area contributed by atoms with Gasteiger partial charge in [0, 0.05) is 31.9 Å². The van der Waals surface area contributed by atoms with E-state index in [-0.39, 0.29) is 5.91 Å². The van der Waals surface area contributed by atoms with Crippen LogP contribution in [0.15, 0.2) is 54.6 Å².